The number of benzene rings is 1. The zero-order valence-corrected chi connectivity index (χ0v) is 21.9. The molecule has 1 aliphatic carbocycles. The molecule has 3 N–H and O–H groups in total. The fourth-order valence-electron chi connectivity index (χ4n) is 4.96. The van der Waals surface area contributed by atoms with Gasteiger partial charge in [-0.15, -0.1) is 10.2 Å². The molecule has 184 valence electrons. The van der Waals surface area contributed by atoms with Gasteiger partial charge in [0, 0.05) is 31.2 Å². The van der Waals surface area contributed by atoms with Gasteiger partial charge in [0.2, 0.25) is 5.91 Å². The van der Waals surface area contributed by atoms with Crippen molar-refractivity contribution in [2.24, 2.45) is 17.1 Å². The summed E-state index contributed by atoms with van der Waals surface area (Å²) >= 11 is 5.29. The molecule has 0 radical (unpaired) electrons. The Kier molecular flexibility index (Phi) is 6.99. The lowest BCUT2D eigenvalue weighted by molar-refractivity contribution is -0.119. The number of likely N-dealkylation sites (tertiary alicyclic amines) is 1. The van der Waals surface area contributed by atoms with Crippen molar-refractivity contribution in [3.05, 3.63) is 41.0 Å². The predicted octanol–water partition coefficient (Wildman–Crippen LogP) is 4.50. The smallest absolute Gasteiger partial charge is 0.230 e. The lowest BCUT2D eigenvalue weighted by atomic mass is 9.90. The molecule has 2 aromatic rings. The number of carbonyl (C=O) groups excluding carboxylic acids is 1. The van der Waals surface area contributed by atoms with Crippen molar-refractivity contribution in [2.75, 3.05) is 18.4 Å². The molecule has 0 bridgehead atoms. The second-order valence-corrected chi connectivity index (χ2v) is 11.7. The van der Waals surface area contributed by atoms with Gasteiger partial charge < -0.3 is 20.5 Å². The minimum absolute atomic E-state index is 0.0182. The quantitative estimate of drug-likeness (QED) is 0.565. The lowest BCUT2D eigenvalue weighted by Gasteiger charge is -2.20. The van der Waals surface area contributed by atoms with Crippen molar-refractivity contribution >= 4 is 28.9 Å². The van der Waals surface area contributed by atoms with Gasteiger partial charge in [0.25, 0.3) is 0 Å². The van der Waals surface area contributed by atoms with E-state index in [1.807, 2.05) is 24.0 Å². The van der Waals surface area contributed by atoms with Gasteiger partial charge in [-0.05, 0) is 68.8 Å². The fourth-order valence-corrected chi connectivity index (χ4v) is 5.11. The van der Waals surface area contributed by atoms with Gasteiger partial charge >= 0.3 is 0 Å². The number of thiocarbonyl (C=S) groups is 1. The van der Waals surface area contributed by atoms with Crippen LogP contribution >= 0.6 is 12.2 Å². The number of nitrogens with two attached hydrogens (primary N) is 1. The third-order valence-corrected chi connectivity index (χ3v) is 7.23. The van der Waals surface area contributed by atoms with Crippen molar-refractivity contribution in [1.29, 1.82) is 0 Å². The first-order valence-electron chi connectivity index (χ1n) is 12.4. The van der Waals surface area contributed by atoms with E-state index in [9.17, 15) is 4.79 Å². The molecule has 2 heterocycles. The van der Waals surface area contributed by atoms with Crippen molar-refractivity contribution in [3.8, 4) is 0 Å². The Bertz CT molecular complexity index is 1070. The van der Waals surface area contributed by atoms with Gasteiger partial charge in [-0.25, -0.2) is 0 Å². The van der Waals surface area contributed by atoms with E-state index in [0.29, 0.717) is 29.7 Å². The van der Waals surface area contributed by atoms with Gasteiger partial charge in [-0.3, -0.25) is 4.79 Å². The second-order valence-electron chi connectivity index (χ2n) is 11.3. The van der Waals surface area contributed by atoms with Gasteiger partial charge in [0.15, 0.2) is 5.11 Å². The standard InChI is InChI=1S/C26H38N6OS/c1-16-8-11-21(17(2)13-16)28-24(33)20-15-31(25(27)34)14-19(20)23-30-29-22(32(23)18-9-10-18)7-6-12-26(3,4)5/h8,11,13,18-20H,6-7,9-10,12,14-15H2,1-5H3,(H2,27,34)(H,28,33)/t19-,20-/m0/s1. The molecule has 0 spiro atoms. The summed E-state index contributed by atoms with van der Waals surface area (Å²) in [5.41, 5.74) is 9.36. The number of amides is 1. The highest BCUT2D eigenvalue weighted by Crippen LogP contribution is 2.41. The van der Waals surface area contributed by atoms with E-state index >= 15 is 0 Å². The highest BCUT2D eigenvalue weighted by atomic mass is 32.1. The zero-order valence-electron chi connectivity index (χ0n) is 21.1. The van der Waals surface area contributed by atoms with Crippen LogP contribution in [0.25, 0.3) is 0 Å². The van der Waals surface area contributed by atoms with Crippen LogP contribution in [0.15, 0.2) is 18.2 Å². The van der Waals surface area contributed by atoms with Crippen LogP contribution in [0, 0.1) is 25.2 Å². The molecule has 2 aliphatic rings. The van der Waals surface area contributed by atoms with Crippen molar-refractivity contribution in [2.45, 2.75) is 78.7 Å². The first kappa shape index (κ1) is 24.6. The molecule has 7 nitrogen and oxygen atoms in total. The third-order valence-electron chi connectivity index (χ3n) is 6.97. The molecule has 2 fully saturated rings. The van der Waals surface area contributed by atoms with Gasteiger partial charge in [-0.2, -0.15) is 0 Å². The molecule has 0 unspecified atom stereocenters. The average molecular weight is 483 g/mol. The predicted molar refractivity (Wildman–Crippen MR) is 140 cm³/mol. The van der Waals surface area contributed by atoms with Crippen molar-refractivity contribution in [1.82, 2.24) is 19.7 Å². The summed E-state index contributed by atoms with van der Waals surface area (Å²) in [7, 11) is 0. The fraction of sp³-hybridized carbons (Fsp3) is 0.615. The van der Waals surface area contributed by atoms with Crippen LogP contribution < -0.4 is 11.1 Å². The average Bonchev–Trinajstić information content (AvgIpc) is 3.33. The van der Waals surface area contributed by atoms with E-state index in [2.05, 4.69) is 53.8 Å². The van der Waals surface area contributed by atoms with E-state index in [4.69, 9.17) is 18.0 Å². The van der Waals surface area contributed by atoms with Crippen LogP contribution in [0.5, 0.6) is 0 Å². The number of carbonyl (C=O) groups is 1. The minimum Gasteiger partial charge on any atom is -0.376 e. The molecule has 1 saturated carbocycles. The Hall–Kier alpha value is -2.48. The monoisotopic (exact) mass is 482 g/mol. The summed E-state index contributed by atoms with van der Waals surface area (Å²) < 4.78 is 2.33. The molecule has 1 aliphatic heterocycles. The topological polar surface area (TPSA) is 89.1 Å². The SMILES string of the molecule is Cc1ccc(NC(=O)[C@H]2CN(C(N)=S)C[C@@H]2c2nnc(CCCC(C)(C)C)n2C2CC2)c(C)c1. The van der Waals surface area contributed by atoms with Crippen molar-refractivity contribution < 1.29 is 4.79 Å². The lowest BCUT2D eigenvalue weighted by Crippen LogP contribution is -2.35. The van der Waals surface area contributed by atoms with E-state index in [-0.39, 0.29) is 17.7 Å². The number of hydrogen-bond acceptors (Lipinski definition) is 4. The third kappa shape index (κ3) is 5.59. The first-order valence-corrected chi connectivity index (χ1v) is 12.8. The molecule has 4 rings (SSSR count). The summed E-state index contributed by atoms with van der Waals surface area (Å²) in [4.78, 5) is 15.4. The molecule has 1 aromatic heterocycles. The van der Waals surface area contributed by atoms with Crippen LogP contribution in [0.1, 0.15) is 81.2 Å². The van der Waals surface area contributed by atoms with Gasteiger partial charge in [0.1, 0.15) is 11.6 Å². The zero-order chi connectivity index (χ0) is 24.6. The van der Waals surface area contributed by atoms with E-state index in [1.165, 1.54) is 5.56 Å². The van der Waals surface area contributed by atoms with Crippen LogP contribution in [-0.4, -0.2) is 43.8 Å². The summed E-state index contributed by atoms with van der Waals surface area (Å²) in [5, 5.41) is 12.8. The Morgan fingerprint density at radius 2 is 1.94 bits per heavy atom. The molecule has 1 aromatic carbocycles. The summed E-state index contributed by atoms with van der Waals surface area (Å²) in [5.74, 6) is 1.54. The van der Waals surface area contributed by atoms with Crippen LogP contribution in [0.2, 0.25) is 0 Å². The van der Waals surface area contributed by atoms with Crippen LogP contribution in [-0.2, 0) is 11.2 Å². The molecular formula is C26H38N6OS. The van der Waals surface area contributed by atoms with E-state index in [1.54, 1.807) is 0 Å². The van der Waals surface area contributed by atoms with E-state index < -0.39 is 0 Å². The normalized spacial score (nSPS) is 20.6. The maximum Gasteiger partial charge on any atom is 0.230 e. The summed E-state index contributed by atoms with van der Waals surface area (Å²) in [6.45, 7) is 12.0. The summed E-state index contributed by atoms with van der Waals surface area (Å²) in [6.07, 6.45) is 5.41. The molecular weight excluding hydrogens is 444 g/mol. The Morgan fingerprint density at radius 3 is 2.56 bits per heavy atom. The summed E-state index contributed by atoms with van der Waals surface area (Å²) in [6, 6.07) is 6.51. The number of nitrogens with one attached hydrogen (secondary N) is 1. The highest BCUT2D eigenvalue weighted by Gasteiger charge is 2.44. The van der Waals surface area contributed by atoms with Crippen molar-refractivity contribution in [3.63, 3.8) is 0 Å². The largest absolute Gasteiger partial charge is 0.376 e. The van der Waals surface area contributed by atoms with Gasteiger partial charge in [0.05, 0.1) is 11.8 Å². The molecule has 1 amide bonds. The number of hydrogen-bond donors (Lipinski definition) is 2. The van der Waals surface area contributed by atoms with Crippen LogP contribution in [0.4, 0.5) is 5.69 Å². The number of rotatable bonds is 7. The maximum absolute atomic E-state index is 13.5. The molecule has 1 saturated heterocycles. The highest BCUT2D eigenvalue weighted by molar-refractivity contribution is 7.80. The number of aryl methyl sites for hydroxylation is 3. The number of aromatic nitrogens is 3. The second kappa shape index (κ2) is 9.64. The first-order chi connectivity index (χ1) is 16.0. The molecule has 2 atom stereocenters. The minimum atomic E-state index is -0.300. The maximum atomic E-state index is 13.5. The van der Waals surface area contributed by atoms with E-state index in [0.717, 1.165) is 55.0 Å². The molecule has 34 heavy (non-hydrogen) atoms. The Morgan fingerprint density at radius 1 is 1.21 bits per heavy atom. The molecule has 8 heteroatoms. The van der Waals surface area contributed by atoms with Crippen LogP contribution in [0.3, 0.4) is 0 Å². The number of nitrogens with zero attached hydrogens (tertiary/aromatic N) is 4. The Balaban J connectivity index is 1.59. The number of anilines is 1. The van der Waals surface area contributed by atoms with Gasteiger partial charge in [-0.1, -0.05) is 38.5 Å². The Labute approximate surface area is 208 Å².